The van der Waals surface area contributed by atoms with Crippen LogP contribution in [0.3, 0.4) is 0 Å². The fraction of sp³-hybridized carbons (Fsp3) is 0.368. The summed E-state index contributed by atoms with van der Waals surface area (Å²) in [4.78, 5) is 18.2. The summed E-state index contributed by atoms with van der Waals surface area (Å²) >= 11 is 0. The van der Waals surface area contributed by atoms with Gasteiger partial charge in [0.05, 0.1) is 13.3 Å². The van der Waals surface area contributed by atoms with Crippen molar-refractivity contribution in [2.45, 2.75) is 18.9 Å². The fourth-order valence-corrected chi connectivity index (χ4v) is 2.80. The number of piperidine rings is 1. The Balaban J connectivity index is 1.45. The Labute approximate surface area is 147 Å². The number of ether oxygens (including phenoxy) is 3. The van der Waals surface area contributed by atoms with Crippen LogP contribution in [-0.2, 0) is 4.79 Å². The first-order chi connectivity index (χ1) is 12.3. The highest BCUT2D eigenvalue weighted by Crippen LogP contribution is 2.26. The third kappa shape index (κ3) is 4.62. The molecule has 1 aromatic carbocycles. The number of hydrogen-bond acceptors (Lipinski definition) is 5. The maximum atomic E-state index is 12.3. The normalized spacial score (nSPS) is 14.8. The molecule has 2 heterocycles. The molecule has 6 heteroatoms. The summed E-state index contributed by atoms with van der Waals surface area (Å²) in [6.45, 7) is 1.34. The molecule has 1 aliphatic heterocycles. The van der Waals surface area contributed by atoms with Crippen LogP contribution in [0.2, 0.25) is 0 Å². The highest BCUT2D eigenvalue weighted by molar-refractivity contribution is 5.78. The summed E-state index contributed by atoms with van der Waals surface area (Å²) in [6, 6.07) is 11.1. The van der Waals surface area contributed by atoms with Gasteiger partial charge in [-0.05, 0) is 24.3 Å². The van der Waals surface area contributed by atoms with Gasteiger partial charge in [-0.2, -0.15) is 0 Å². The Morgan fingerprint density at radius 1 is 1.16 bits per heavy atom. The minimum atomic E-state index is -0.0225. The van der Waals surface area contributed by atoms with Gasteiger partial charge < -0.3 is 19.1 Å². The minimum absolute atomic E-state index is 0.00843. The van der Waals surface area contributed by atoms with Crippen LogP contribution in [0.5, 0.6) is 17.2 Å². The number of para-hydroxylation sites is 2. The molecular weight excluding hydrogens is 320 g/mol. The molecule has 132 valence electrons. The van der Waals surface area contributed by atoms with E-state index in [4.69, 9.17) is 14.2 Å². The number of carbonyl (C=O) groups excluding carboxylic acids is 1. The van der Waals surface area contributed by atoms with Crippen LogP contribution in [0.1, 0.15) is 12.8 Å². The molecule has 1 aromatic heterocycles. The van der Waals surface area contributed by atoms with Gasteiger partial charge in [0.1, 0.15) is 11.9 Å². The second-order valence-electron chi connectivity index (χ2n) is 5.83. The van der Waals surface area contributed by atoms with Gasteiger partial charge in [0.2, 0.25) is 0 Å². The lowest BCUT2D eigenvalue weighted by atomic mass is 10.1. The van der Waals surface area contributed by atoms with Gasteiger partial charge in [-0.1, -0.05) is 12.1 Å². The summed E-state index contributed by atoms with van der Waals surface area (Å²) < 4.78 is 16.7. The summed E-state index contributed by atoms with van der Waals surface area (Å²) in [5.74, 6) is 1.95. The van der Waals surface area contributed by atoms with E-state index < -0.39 is 0 Å². The van der Waals surface area contributed by atoms with Gasteiger partial charge in [-0.15, -0.1) is 0 Å². The predicted molar refractivity (Wildman–Crippen MR) is 93.0 cm³/mol. The number of amides is 1. The Morgan fingerprint density at radius 3 is 2.60 bits per heavy atom. The first-order valence-corrected chi connectivity index (χ1v) is 8.36. The molecule has 6 nitrogen and oxygen atoms in total. The molecule has 0 N–H and O–H groups in total. The first kappa shape index (κ1) is 17.1. The molecule has 0 atom stereocenters. The van der Waals surface area contributed by atoms with Crippen molar-refractivity contribution < 1.29 is 19.0 Å². The SMILES string of the molecule is COc1ccccc1OCC(=O)N1CCC(Oc2cccnc2)CC1. The minimum Gasteiger partial charge on any atom is -0.493 e. The van der Waals surface area contributed by atoms with E-state index in [1.54, 1.807) is 31.6 Å². The zero-order chi connectivity index (χ0) is 17.5. The highest BCUT2D eigenvalue weighted by Gasteiger charge is 2.24. The molecule has 3 rings (SSSR count). The van der Waals surface area contributed by atoms with Crippen LogP contribution in [0.15, 0.2) is 48.8 Å². The molecule has 2 aromatic rings. The maximum Gasteiger partial charge on any atom is 0.260 e. The molecule has 0 unspecified atom stereocenters. The van der Waals surface area contributed by atoms with E-state index >= 15 is 0 Å². The van der Waals surface area contributed by atoms with Crippen molar-refractivity contribution in [3.8, 4) is 17.2 Å². The Kier molecular flexibility index (Phi) is 5.72. The number of carbonyl (C=O) groups is 1. The summed E-state index contributed by atoms with van der Waals surface area (Å²) in [5.41, 5.74) is 0. The van der Waals surface area contributed by atoms with Crippen molar-refractivity contribution in [3.63, 3.8) is 0 Å². The molecule has 0 radical (unpaired) electrons. The predicted octanol–water partition coefficient (Wildman–Crippen LogP) is 2.54. The largest absolute Gasteiger partial charge is 0.493 e. The van der Waals surface area contributed by atoms with E-state index in [2.05, 4.69) is 4.98 Å². The van der Waals surface area contributed by atoms with E-state index in [0.29, 0.717) is 24.6 Å². The Bertz CT molecular complexity index is 685. The second kappa shape index (κ2) is 8.37. The lowest BCUT2D eigenvalue weighted by Crippen LogP contribution is -2.43. The maximum absolute atomic E-state index is 12.3. The standard InChI is InChI=1S/C19H22N2O4/c1-23-17-6-2-3-7-18(17)24-14-19(22)21-11-8-15(9-12-21)25-16-5-4-10-20-13-16/h2-7,10,13,15H,8-9,11-12,14H2,1H3. The van der Waals surface area contributed by atoms with E-state index in [1.807, 2.05) is 29.2 Å². The zero-order valence-corrected chi connectivity index (χ0v) is 14.3. The average Bonchev–Trinajstić information content (AvgIpc) is 2.67. The topological polar surface area (TPSA) is 60.9 Å². The van der Waals surface area contributed by atoms with E-state index in [-0.39, 0.29) is 18.6 Å². The van der Waals surface area contributed by atoms with Crippen molar-refractivity contribution in [1.29, 1.82) is 0 Å². The molecule has 1 saturated heterocycles. The van der Waals surface area contributed by atoms with Crippen LogP contribution in [-0.4, -0.2) is 48.7 Å². The second-order valence-corrected chi connectivity index (χ2v) is 5.83. The third-order valence-corrected chi connectivity index (χ3v) is 4.15. The molecule has 0 saturated carbocycles. The van der Waals surface area contributed by atoms with Crippen molar-refractivity contribution >= 4 is 5.91 Å². The van der Waals surface area contributed by atoms with Crippen LogP contribution in [0.4, 0.5) is 0 Å². The highest BCUT2D eigenvalue weighted by atomic mass is 16.5. The summed E-state index contributed by atoms with van der Waals surface area (Å²) in [7, 11) is 1.58. The number of nitrogens with zero attached hydrogens (tertiary/aromatic N) is 2. The summed E-state index contributed by atoms with van der Waals surface area (Å²) in [6.07, 6.45) is 5.14. The number of aromatic nitrogens is 1. The van der Waals surface area contributed by atoms with Crippen LogP contribution in [0.25, 0.3) is 0 Å². The van der Waals surface area contributed by atoms with Crippen LogP contribution >= 0.6 is 0 Å². The molecule has 1 aliphatic rings. The lowest BCUT2D eigenvalue weighted by molar-refractivity contribution is -0.135. The van der Waals surface area contributed by atoms with Crippen molar-refractivity contribution in [2.24, 2.45) is 0 Å². The van der Waals surface area contributed by atoms with Gasteiger partial charge >= 0.3 is 0 Å². The van der Waals surface area contributed by atoms with Crippen molar-refractivity contribution in [2.75, 3.05) is 26.8 Å². The smallest absolute Gasteiger partial charge is 0.260 e. The Hall–Kier alpha value is -2.76. The zero-order valence-electron chi connectivity index (χ0n) is 14.3. The molecule has 1 amide bonds. The van der Waals surface area contributed by atoms with E-state index in [9.17, 15) is 4.79 Å². The number of likely N-dealkylation sites (tertiary alicyclic amines) is 1. The molecular formula is C19H22N2O4. The molecule has 0 bridgehead atoms. The van der Waals surface area contributed by atoms with Gasteiger partial charge in [0.15, 0.2) is 18.1 Å². The summed E-state index contributed by atoms with van der Waals surface area (Å²) in [5, 5.41) is 0. The van der Waals surface area contributed by atoms with E-state index in [0.717, 1.165) is 18.6 Å². The van der Waals surface area contributed by atoms with Gasteiger partial charge in [0, 0.05) is 32.1 Å². The Morgan fingerprint density at radius 2 is 1.92 bits per heavy atom. The number of benzene rings is 1. The molecule has 0 spiro atoms. The van der Waals surface area contributed by atoms with Crippen molar-refractivity contribution in [3.05, 3.63) is 48.8 Å². The monoisotopic (exact) mass is 342 g/mol. The molecule has 25 heavy (non-hydrogen) atoms. The van der Waals surface area contributed by atoms with Gasteiger partial charge in [-0.25, -0.2) is 0 Å². The van der Waals surface area contributed by atoms with Crippen LogP contribution < -0.4 is 14.2 Å². The molecule has 0 aliphatic carbocycles. The lowest BCUT2D eigenvalue weighted by Gasteiger charge is -2.32. The van der Waals surface area contributed by atoms with Crippen LogP contribution in [0, 0.1) is 0 Å². The number of rotatable bonds is 6. The van der Waals surface area contributed by atoms with Gasteiger partial charge in [-0.3, -0.25) is 9.78 Å². The third-order valence-electron chi connectivity index (χ3n) is 4.15. The quantitative estimate of drug-likeness (QED) is 0.807. The van der Waals surface area contributed by atoms with E-state index in [1.165, 1.54) is 0 Å². The van der Waals surface area contributed by atoms with Crippen molar-refractivity contribution in [1.82, 2.24) is 9.88 Å². The number of methoxy groups -OCH3 is 1. The van der Waals surface area contributed by atoms with Gasteiger partial charge in [0.25, 0.3) is 5.91 Å². The fourth-order valence-electron chi connectivity index (χ4n) is 2.80. The first-order valence-electron chi connectivity index (χ1n) is 8.36. The number of pyridine rings is 1. The number of hydrogen-bond donors (Lipinski definition) is 0. The average molecular weight is 342 g/mol. The molecule has 1 fully saturated rings.